The predicted molar refractivity (Wildman–Crippen MR) is 138 cm³/mol. The highest BCUT2D eigenvalue weighted by atomic mass is 79.9. The number of hydrogen-bond donors (Lipinski definition) is 0. The van der Waals surface area contributed by atoms with Crippen molar-refractivity contribution >= 4 is 78.4 Å². The summed E-state index contributed by atoms with van der Waals surface area (Å²) in [6.07, 6.45) is 1.62. The van der Waals surface area contributed by atoms with Gasteiger partial charge in [-0.1, -0.05) is 29.8 Å². The summed E-state index contributed by atoms with van der Waals surface area (Å²) in [6, 6.07) is 11.0. The van der Waals surface area contributed by atoms with Crippen LogP contribution in [0, 0.1) is 0 Å². The molecule has 178 valence electrons. The molecule has 4 rings (SSSR count). The van der Waals surface area contributed by atoms with Gasteiger partial charge in [-0.15, -0.1) is 0 Å². The molecule has 2 aromatic carbocycles. The molecule has 2 aliphatic rings. The van der Waals surface area contributed by atoms with Gasteiger partial charge in [-0.3, -0.25) is 19.3 Å². The molecule has 0 aromatic heterocycles. The first-order valence-electron chi connectivity index (χ1n) is 10.3. The van der Waals surface area contributed by atoms with Crippen molar-refractivity contribution in [2.45, 2.75) is 6.61 Å². The Balaban J connectivity index is 1.46. The lowest BCUT2D eigenvalue weighted by molar-refractivity contribution is -0.139. The Morgan fingerprint density at radius 3 is 2.50 bits per heavy atom. The Labute approximate surface area is 222 Å². The Morgan fingerprint density at radius 1 is 1.15 bits per heavy atom. The van der Waals surface area contributed by atoms with E-state index in [0.29, 0.717) is 51.6 Å². The lowest BCUT2D eigenvalue weighted by atomic mass is 10.2. The van der Waals surface area contributed by atoms with Crippen molar-refractivity contribution < 1.29 is 23.9 Å². The van der Waals surface area contributed by atoms with Gasteiger partial charge in [0.1, 0.15) is 18.9 Å². The van der Waals surface area contributed by atoms with Gasteiger partial charge < -0.3 is 14.4 Å². The first-order valence-corrected chi connectivity index (χ1v) is 13.1. The van der Waals surface area contributed by atoms with E-state index >= 15 is 0 Å². The summed E-state index contributed by atoms with van der Waals surface area (Å²) in [5.74, 6) is -0.165. The van der Waals surface area contributed by atoms with Crippen LogP contribution in [-0.2, 0) is 20.9 Å². The van der Waals surface area contributed by atoms with Crippen molar-refractivity contribution in [3.05, 3.63) is 66.4 Å². The van der Waals surface area contributed by atoms with E-state index in [9.17, 15) is 14.4 Å². The van der Waals surface area contributed by atoms with Gasteiger partial charge in [0.2, 0.25) is 5.91 Å². The van der Waals surface area contributed by atoms with E-state index in [1.165, 1.54) is 0 Å². The number of amides is 3. The Bertz CT molecular complexity index is 1150. The SMILES string of the molecule is O=C(CN1C(=O)S/C(=C/c2cc(Br)c(OCc3ccccc3Cl)c(Br)c2)C1=O)N1CCOCC1. The fourth-order valence-electron chi connectivity index (χ4n) is 3.40. The van der Waals surface area contributed by atoms with Crippen LogP contribution < -0.4 is 4.74 Å². The van der Waals surface area contributed by atoms with Crippen LogP contribution in [0.25, 0.3) is 6.08 Å². The van der Waals surface area contributed by atoms with E-state index in [-0.39, 0.29) is 24.0 Å². The Kier molecular flexibility index (Phi) is 8.36. The Hall–Kier alpha value is -1.85. The molecule has 0 spiro atoms. The zero-order valence-electron chi connectivity index (χ0n) is 17.8. The number of carbonyl (C=O) groups excluding carboxylic acids is 3. The number of ether oxygens (including phenoxy) is 2. The fraction of sp³-hybridized carbons (Fsp3) is 0.261. The van der Waals surface area contributed by atoms with Crippen molar-refractivity contribution in [1.29, 1.82) is 0 Å². The molecule has 2 aliphatic heterocycles. The summed E-state index contributed by atoms with van der Waals surface area (Å²) in [5, 5.41) is 0.157. The number of morpholine rings is 1. The van der Waals surface area contributed by atoms with Crippen molar-refractivity contribution in [3.8, 4) is 5.75 Å². The number of thioether (sulfide) groups is 1. The maximum absolute atomic E-state index is 12.8. The third-order valence-corrected chi connectivity index (χ3v) is 7.63. The second kappa shape index (κ2) is 11.3. The molecule has 0 N–H and O–H groups in total. The van der Waals surface area contributed by atoms with E-state index in [0.717, 1.165) is 22.2 Å². The lowest BCUT2D eigenvalue weighted by Crippen LogP contribution is -2.46. The van der Waals surface area contributed by atoms with E-state index in [1.54, 1.807) is 29.2 Å². The monoisotopic (exact) mass is 628 g/mol. The van der Waals surface area contributed by atoms with Crippen molar-refractivity contribution in [1.82, 2.24) is 9.80 Å². The number of carbonyl (C=O) groups is 3. The predicted octanol–water partition coefficient (Wildman–Crippen LogP) is 5.34. The molecule has 0 bridgehead atoms. The van der Waals surface area contributed by atoms with Crippen LogP contribution in [0.1, 0.15) is 11.1 Å². The molecule has 7 nitrogen and oxygen atoms in total. The number of imide groups is 1. The number of nitrogens with zero attached hydrogens (tertiary/aromatic N) is 2. The van der Waals surface area contributed by atoms with Crippen LogP contribution in [0.2, 0.25) is 5.02 Å². The Morgan fingerprint density at radius 2 is 1.82 bits per heavy atom. The number of benzene rings is 2. The van der Waals surface area contributed by atoms with E-state index < -0.39 is 11.1 Å². The zero-order chi connectivity index (χ0) is 24.2. The molecule has 11 heteroatoms. The first-order chi connectivity index (χ1) is 16.3. The molecule has 34 heavy (non-hydrogen) atoms. The third kappa shape index (κ3) is 5.85. The van der Waals surface area contributed by atoms with Crippen LogP contribution in [0.3, 0.4) is 0 Å². The molecule has 0 unspecified atom stereocenters. The molecule has 0 atom stereocenters. The molecule has 2 saturated heterocycles. The number of halogens is 3. The third-order valence-electron chi connectivity index (χ3n) is 5.18. The summed E-state index contributed by atoms with van der Waals surface area (Å²) < 4.78 is 12.5. The fourth-order valence-corrected chi connectivity index (χ4v) is 5.88. The largest absolute Gasteiger partial charge is 0.486 e. The van der Waals surface area contributed by atoms with Crippen LogP contribution in [0.5, 0.6) is 5.75 Å². The normalized spacial score (nSPS) is 17.6. The van der Waals surface area contributed by atoms with Gasteiger partial charge in [0.15, 0.2) is 0 Å². The van der Waals surface area contributed by atoms with Crippen LogP contribution in [0.4, 0.5) is 4.79 Å². The average molecular weight is 631 g/mol. The quantitative estimate of drug-likeness (QED) is 0.402. The molecule has 0 aliphatic carbocycles. The number of hydrogen-bond acceptors (Lipinski definition) is 6. The van der Waals surface area contributed by atoms with Gasteiger partial charge in [0.05, 0.1) is 27.1 Å². The van der Waals surface area contributed by atoms with Gasteiger partial charge in [-0.05, 0) is 73.5 Å². The second-order valence-electron chi connectivity index (χ2n) is 7.45. The summed E-state index contributed by atoms with van der Waals surface area (Å²) >= 11 is 14.0. The van der Waals surface area contributed by atoms with Gasteiger partial charge in [0.25, 0.3) is 11.1 Å². The minimum absolute atomic E-state index is 0.253. The summed E-state index contributed by atoms with van der Waals surface area (Å²) in [6.45, 7) is 1.83. The zero-order valence-corrected chi connectivity index (χ0v) is 22.5. The first kappa shape index (κ1) is 25.2. The van der Waals surface area contributed by atoms with E-state index in [1.807, 2.05) is 18.2 Å². The summed E-state index contributed by atoms with van der Waals surface area (Å²) in [7, 11) is 0. The molecule has 2 heterocycles. The highest BCUT2D eigenvalue weighted by Gasteiger charge is 2.37. The molecular weight excluding hydrogens is 612 g/mol. The number of rotatable bonds is 6. The highest BCUT2D eigenvalue weighted by Crippen LogP contribution is 2.38. The second-order valence-corrected chi connectivity index (χ2v) is 10.6. The van der Waals surface area contributed by atoms with Crippen molar-refractivity contribution in [2.24, 2.45) is 0 Å². The smallest absolute Gasteiger partial charge is 0.294 e. The maximum Gasteiger partial charge on any atom is 0.294 e. The molecule has 0 radical (unpaired) electrons. The molecular formula is C23H19Br2ClN2O5S. The maximum atomic E-state index is 12.8. The van der Waals surface area contributed by atoms with Crippen molar-refractivity contribution in [3.63, 3.8) is 0 Å². The van der Waals surface area contributed by atoms with Crippen LogP contribution >= 0.6 is 55.2 Å². The van der Waals surface area contributed by atoms with E-state index in [2.05, 4.69) is 31.9 Å². The van der Waals surface area contributed by atoms with Crippen LogP contribution in [-0.4, -0.2) is 59.7 Å². The molecule has 2 aromatic rings. The van der Waals surface area contributed by atoms with Gasteiger partial charge in [-0.25, -0.2) is 0 Å². The summed E-state index contributed by atoms with van der Waals surface area (Å²) in [4.78, 5) is 40.6. The lowest BCUT2D eigenvalue weighted by Gasteiger charge is -2.28. The highest BCUT2D eigenvalue weighted by molar-refractivity contribution is 9.11. The van der Waals surface area contributed by atoms with Gasteiger partial charge >= 0.3 is 0 Å². The molecule has 0 saturated carbocycles. The summed E-state index contributed by atoms with van der Waals surface area (Å²) in [5.41, 5.74) is 1.54. The minimum Gasteiger partial charge on any atom is -0.486 e. The van der Waals surface area contributed by atoms with Crippen molar-refractivity contribution in [2.75, 3.05) is 32.8 Å². The minimum atomic E-state index is -0.483. The average Bonchev–Trinajstić information content (AvgIpc) is 3.07. The van der Waals surface area contributed by atoms with Crippen LogP contribution in [0.15, 0.2) is 50.2 Å². The van der Waals surface area contributed by atoms with Gasteiger partial charge in [0, 0.05) is 23.7 Å². The topological polar surface area (TPSA) is 76.2 Å². The standard InChI is InChI=1S/C23H19Br2ClN2O5S/c24-16-9-14(10-17(25)21(16)33-13-15-3-1-2-4-18(15)26)11-19-22(30)28(23(31)34-19)12-20(29)27-5-7-32-8-6-27/h1-4,9-11H,5-8,12-13H2/b19-11+. The molecule has 2 fully saturated rings. The van der Waals surface area contributed by atoms with Gasteiger partial charge in [-0.2, -0.15) is 0 Å². The molecule has 3 amide bonds. The van der Waals surface area contributed by atoms with E-state index in [4.69, 9.17) is 21.1 Å².